The number of nitrogen functional groups attached to an aromatic ring is 1. The summed E-state index contributed by atoms with van der Waals surface area (Å²) in [5.41, 5.74) is 10.9. The number of nitrogens with zero attached hydrogens (tertiary/aromatic N) is 4. The van der Waals surface area contributed by atoms with Gasteiger partial charge in [0, 0.05) is 29.5 Å². The zero-order valence-corrected chi connectivity index (χ0v) is 18.1. The average molecular weight is 434 g/mol. The lowest BCUT2D eigenvalue weighted by atomic mass is 10.1. The van der Waals surface area contributed by atoms with E-state index >= 15 is 0 Å². The van der Waals surface area contributed by atoms with Crippen LogP contribution in [0.4, 0.5) is 16.6 Å². The Hall–Kier alpha value is -3.72. The molecule has 0 unspecified atom stereocenters. The number of carbonyl (C=O) groups excluding carboxylic acids is 1. The Morgan fingerprint density at radius 2 is 2.00 bits per heavy atom. The lowest BCUT2D eigenvalue weighted by Crippen LogP contribution is -2.23. The van der Waals surface area contributed by atoms with Crippen molar-refractivity contribution >= 4 is 33.9 Å². The number of para-hydroxylation sites is 1. The second-order valence-electron chi connectivity index (χ2n) is 7.17. The molecule has 3 aromatic heterocycles. The second kappa shape index (κ2) is 8.97. The predicted molar refractivity (Wildman–Crippen MR) is 122 cm³/mol. The zero-order chi connectivity index (χ0) is 21.8. The maximum Gasteiger partial charge on any atom is 0.254 e. The second-order valence-corrected chi connectivity index (χ2v) is 8.03. The summed E-state index contributed by atoms with van der Waals surface area (Å²) in [5, 5.41) is 13.3. The monoisotopic (exact) mass is 433 g/mol. The van der Waals surface area contributed by atoms with E-state index in [-0.39, 0.29) is 5.91 Å². The molecule has 0 saturated heterocycles. The zero-order valence-electron chi connectivity index (χ0n) is 17.3. The molecule has 9 heteroatoms. The number of benzene rings is 1. The first-order valence-electron chi connectivity index (χ1n) is 9.77. The first kappa shape index (κ1) is 20.5. The fourth-order valence-corrected chi connectivity index (χ4v) is 3.96. The van der Waals surface area contributed by atoms with E-state index < -0.39 is 0 Å². The molecule has 0 radical (unpaired) electrons. The normalized spacial score (nSPS) is 10.8. The minimum Gasteiger partial charge on any atom is -0.384 e. The van der Waals surface area contributed by atoms with Gasteiger partial charge in [-0.25, -0.2) is 9.97 Å². The van der Waals surface area contributed by atoms with Crippen molar-refractivity contribution < 1.29 is 4.79 Å². The number of nitrogens with one attached hydrogen (secondary N) is 2. The molecule has 31 heavy (non-hydrogen) atoms. The van der Waals surface area contributed by atoms with Gasteiger partial charge >= 0.3 is 0 Å². The van der Waals surface area contributed by atoms with Gasteiger partial charge in [-0.15, -0.1) is 11.3 Å². The lowest BCUT2D eigenvalue weighted by Gasteiger charge is -2.10. The number of carbonyl (C=O) groups is 1. The van der Waals surface area contributed by atoms with Gasteiger partial charge in [-0.05, 0) is 43.2 Å². The van der Waals surface area contributed by atoms with Crippen LogP contribution in [0.2, 0.25) is 0 Å². The first-order valence-corrected chi connectivity index (χ1v) is 10.7. The molecule has 0 saturated carbocycles. The van der Waals surface area contributed by atoms with E-state index in [0.29, 0.717) is 24.5 Å². The SMILES string of the molecule is Cc1cc(N)nc(C)c1CNC(=O)c1cnn(Cc2csc(Nc3ccccc3)n2)c1. The molecule has 1 aromatic carbocycles. The van der Waals surface area contributed by atoms with E-state index in [9.17, 15) is 4.79 Å². The highest BCUT2D eigenvalue weighted by atomic mass is 32.1. The molecule has 4 rings (SSSR count). The maximum atomic E-state index is 12.5. The van der Waals surface area contributed by atoms with Crippen LogP contribution in [0, 0.1) is 13.8 Å². The Kier molecular flexibility index (Phi) is 5.94. The third-order valence-corrected chi connectivity index (χ3v) is 5.60. The molecule has 4 N–H and O–H groups in total. The van der Waals surface area contributed by atoms with Crippen LogP contribution in [0.25, 0.3) is 0 Å². The highest BCUT2D eigenvalue weighted by molar-refractivity contribution is 7.13. The molecule has 158 valence electrons. The number of anilines is 3. The standard InChI is InChI=1S/C22H23N7OS/c1-14-8-20(23)26-15(2)19(14)10-24-21(30)16-9-25-29(11-16)12-18-13-31-22(28-18)27-17-6-4-3-5-7-17/h3-9,11,13H,10,12H2,1-2H3,(H2,23,26)(H,24,30)(H,27,28). The van der Waals surface area contributed by atoms with E-state index in [1.807, 2.05) is 49.6 Å². The van der Waals surface area contributed by atoms with Crippen molar-refractivity contribution in [2.75, 3.05) is 11.1 Å². The third-order valence-electron chi connectivity index (χ3n) is 4.80. The number of amides is 1. The lowest BCUT2D eigenvalue weighted by molar-refractivity contribution is 0.0950. The molecule has 0 aliphatic rings. The van der Waals surface area contributed by atoms with E-state index in [1.165, 1.54) is 11.3 Å². The Labute approximate surface area is 184 Å². The number of aromatic nitrogens is 4. The molecule has 8 nitrogen and oxygen atoms in total. The van der Waals surface area contributed by atoms with Crippen LogP contribution in [-0.2, 0) is 13.1 Å². The van der Waals surface area contributed by atoms with Crippen LogP contribution in [0.1, 0.15) is 32.9 Å². The van der Waals surface area contributed by atoms with Gasteiger partial charge in [0.05, 0.1) is 24.0 Å². The molecule has 0 bridgehead atoms. The molecule has 3 heterocycles. The van der Waals surface area contributed by atoms with Gasteiger partial charge in [0.25, 0.3) is 5.91 Å². The third kappa shape index (κ3) is 5.07. The minimum atomic E-state index is -0.188. The van der Waals surface area contributed by atoms with E-state index in [4.69, 9.17) is 5.73 Å². The Morgan fingerprint density at radius 1 is 1.19 bits per heavy atom. The molecule has 4 aromatic rings. The predicted octanol–water partition coefficient (Wildman–Crippen LogP) is 3.66. The highest BCUT2D eigenvalue weighted by Crippen LogP contribution is 2.21. The number of thiazole rings is 1. The van der Waals surface area contributed by atoms with Gasteiger partial charge in [-0.1, -0.05) is 18.2 Å². The van der Waals surface area contributed by atoms with Gasteiger partial charge in [0.1, 0.15) is 5.82 Å². The van der Waals surface area contributed by atoms with Crippen molar-refractivity contribution in [2.45, 2.75) is 26.9 Å². The summed E-state index contributed by atoms with van der Waals surface area (Å²) in [5.74, 6) is 0.294. The molecule has 0 fully saturated rings. The quantitative estimate of drug-likeness (QED) is 0.410. The van der Waals surface area contributed by atoms with Crippen molar-refractivity contribution in [3.8, 4) is 0 Å². The van der Waals surface area contributed by atoms with Crippen LogP contribution < -0.4 is 16.4 Å². The molecule has 0 spiro atoms. The summed E-state index contributed by atoms with van der Waals surface area (Å²) in [6.07, 6.45) is 3.28. The van der Waals surface area contributed by atoms with Gasteiger partial charge in [0.2, 0.25) is 0 Å². The van der Waals surface area contributed by atoms with E-state index in [2.05, 4.69) is 25.7 Å². The van der Waals surface area contributed by atoms with Crippen molar-refractivity contribution in [3.63, 3.8) is 0 Å². The number of pyridine rings is 1. The number of hydrogen-bond acceptors (Lipinski definition) is 7. The summed E-state index contributed by atoms with van der Waals surface area (Å²) in [7, 11) is 0. The summed E-state index contributed by atoms with van der Waals surface area (Å²) in [4.78, 5) is 21.4. The molecule has 0 atom stereocenters. The van der Waals surface area contributed by atoms with Crippen LogP contribution in [0.3, 0.4) is 0 Å². The molecule has 0 aliphatic heterocycles. The van der Waals surface area contributed by atoms with Gasteiger partial charge in [0.15, 0.2) is 5.13 Å². The topological polar surface area (TPSA) is 111 Å². The van der Waals surface area contributed by atoms with E-state index in [0.717, 1.165) is 33.3 Å². The molecular weight excluding hydrogens is 410 g/mol. The summed E-state index contributed by atoms with van der Waals surface area (Å²) in [6.45, 7) is 4.72. The smallest absolute Gasteiger partial charge is 0.254 e. The Morgan fingerprint density at radius 3 is 2.77 bits per heavy atom. The first-order chi connectivity index (χ1) is 15.0. The summed E-state index contributed by atoms with van der Waals surface area (Å²) in [6, 6.07) is 11.7. The molecular formula is C22H23N7OS. The maximum absolute atomic E-state index is 12.5. The van der Waals surface area contributed by atoms with E-state index in [1.54, 1.807) is 23.1 Å². The minimum absolute atomic E-state index is 0.188. The van der Waals surface area contributed by atoms with Crippen molar-refractivity contribution in [1.29, 1.82) is 0 Å². The van der Waals surface area contributed by atoms with Gasteiger partial charge < -0.3 is 16.4 Å². The largest absolute Gasteiger partial charge is 0.384 e. The van der Waals surface area contributed by atoms with Crippen LogP contribution in [0.5, 0.6) is 0 Å². The molecule has 0 aliphatic carbocycles. The van der Waals surface area contributed by atoms with Crippen LogP contribution >= 0.6 is 11.3 Å². The number of nitrogens with two attached hydrogens (primary N) is 1. The van der Waals surface area contributed by atoms with Gasteiger partial charge in [-0.3, -0.25) is 9.48 Å². The molecule has 1 amide bonds. The van der Waals surface area contributed by atoms with Crippen LogP contribution in [0.15, 0.2) is 54.2 Å². The summed E-state index contributed by atoms with van der Waals surface area (Å²) < 4.78 is 1.71. The Bertz CT molecular complexity index is 1180. The average Bonchev–Trinajstić information content (AvgIpc) is 3.38. The van der Waals surface area contributed by atoms with Gasteiger partial charge in [-0.2, -0.15) is 5.10 Å². The number of rotatable bonds is 7. The fourth-order valence-electron chi connectivity index (χ4n) is 3.24. The van der Waals surface area contributed by atoms with Crippen molar-refractivity contribution in [2.24, 2.45) is 0 Å². The number of aryl methyl sites for hydroxylation is 2. The number of hydrogen-bond donors (Lipinski definition) is 3. The highest BCUT2D eigenvalue weighted by Gasteiger charge is 2.12. The summed E-state index contributed by atoms with van der Waals surface area (Å²) >= 11 is 1.53. The van der Waals surface area contributed by atoms with Crippen LogP contribution in [-0.4, -0.2) is 25.7 Å². The fraction of sp³-hybridized carbons (Fsp3) is 0.182. The Balaban J connectivity index is 1.36. The van der Waals surface area contributed by atoms with Crippen molar-refractivity contribution in [1.82, 2.24) is 25.1 Å². The van der Waals surface area contributed by atoms with Crippen molar-refractivity contribution in [3.05, 3.63) is 82.3 Å².